The van der Waals surface area contributed by atoms with Gasteiger partial charge in [-0.1, -0.05) is 36.8 Å². The molecule has 0 heterocycles. The van der Waals surface area contributed by atoms with Crippen molar-refractivity contribution in [2.24, 2.45) is 0 Å². The van der Waals surface area contributed by atoms with Crippen molar-refractivity contribution in [1.82, 2.24) is 4.90 Å². The monoisotopic (exact) mass is 397 g/mol. The van der Waals surface area contributed by atoms with E-state index >= 15 is 0 Å². The van der Waals surface area contributed by atoms with Gasteiger partial charge in [0, 0.05) is 5.69 Å². The topological polar surface area (TPSA) is 70.7 Å². The molecular weight excluding hydrogens is 366 g/mol. The first-order chi connectivity index (χ1) is 13.8. The van der Waals surface area contributed by atoms with Crippen LogP contribution in [-0.4, -0.2) is 43.5 Å². The fourth-order valence-corrected chi connectivity index (χ4v) is 3.43. The van der Waals surface area contributed by atoms with E-state index in [9.17, 15) is 9.59 Å². The van der Waals surface area contributed by atoms with Crippen molar-refractivity contribution in [2.45, 2.75) is 34.1 Å². The van der Waals surface area contributed by atoms with Gasteiger partial charge in [-0.25, -0.2) is 0 Å². The maximum absolute atomic E-state index is 12.6. The standard InChI is InChI=1S/C23H31N3O3/c1-6-11-26(14-21(27)24-19-9-7-8-10-20(19)29-5)15-22(28)25-23-17(3)12-16(2)13-18(23)4/h7-10,12-13H,6,11,14-15H2,1-5H3,(H,24,27)(H,25,28). The van der Waals surface area contributed by atoms with Crippen LogP contribution in [0.1, 0.15) is 30.0 Å². The van der Waals surface area contributed by atoms with Gasteiger partial charge in [-0.15, -0.1) is 0 Å². The van der Waals surface area contributed by atoms with Crippen LogP contribution >= 0.6 is 0 Å². The van der Waals surface area contributed by atoms with E-state index in [1.165, 1.54) is 5.56 Å². The summed E-state index contributed by atoms with van der Waals surface area (Å²) in [4.78, 5) is 27.0. The zero-order chi connectivity index (χ0) is 21.4. The first-order valence-electron chi connectivity index (χ1n) is 9.87. The molecule has 0 unspecified atom stereocenters. The fraction of sp³-hybridized carbons (Fsp3) is 0.391. The number of para-hydroxylation sites is 2. The number of benzene rings is 2. The number of hydrogen-bond acceptors (Lipinski definition) is 4. The second-order valence-corrected chi connectivity index (χ2v) is 7.28. The number of methoxy groups -OCH3 is 1. The second kappa shape index (κ2) is 10.6. The third-order valence-corrected chi connectivity index (χ3v) is 4.60. The summed E-state index contributed by atoms with van der Waals surface area (Å²) in [6, 6.07) is 11.4. The highest BCUT2D eigenvalue weighted by molar-refractivity contribution is 5.96. The van der Waals surface area contributed by atoms with Gasteiger partial charge in [-0.05, 0) is 57.0 Å². The van der Waals surface area contributed by atoms with E-state index in [4.69, 9.17) is 4.74 Å². The van der Waals surface area contributed by atoms with Crippen LogP contribution in [0.5, 0.6) is 5.75 Å². The SMILES string of the molecule is CCCN(CC(=O)Nc1ccccc1OC)CC(=O)Nc1c(C)cc(C)cc1C. The molecule has 6 heteroatoms. The zero-order valence-electron chi connectivity index (χ0n) is 18.0. The molecule has 0 radical (unpaired) electrons. The maximum atomic E-state index is 12.6. The van der Waals surface area contributed by atoms with Gasteiger partial charge in [0.1, 0.15) is 5.75 Å². The van der Waals surface area contributed by atoms with Gasteiger partial charge in [0.05, 0.1) is 25.9 Å². The number of rotatable bonds is 9. The minimum atomic E-state index is -0.182. The molecule has 2 aromatic rings. The van der Waals surface area contributed by atoms with Gasteiger partial charge in [0.15, 0.2) is 0 Å². The van der Waals surface area contributed by atoms with Gasteiger partial charge >= 0.3 is 0 Å². The van der Waals surface area contributed by atoms with Gasteiger partial charge in [0.25, 0.3) is 0 Å². The summed E-state index contributed by atoms with van der Waals surface area (Å²) in [7, 11) is 1.56. The molecule has 0 fully saturated rings. The Hall–Kier alpha value is -2.86. The Morgan fingerprint density at radius 2 is 1.55 bits per heavy atom. The fourth-order valence-electron chi connectivity index (χ4n) is 3.43. The summed E-state index contributed by atoms with van der Waals surface area (Å²) in [5.41, 5.74) is 4.69. The minimum Gasteiger partial charge on any atom is -0.495 e. The van der Waals surface area contributed by atoms with Crippen molar-refractivity contribution in [3.05, 3.63) is 53.1 Å². The molecule has 0 saturated heterocycles. The Morgan fingerprint density at radius 1 is 0.966 bits per heavy atom. The van der Waals surface area contributed by atoms with Crippen LogP contribution in [0.15, 0.2) is 36.4 Å². The molecule has 2 N–H and O–H groups in total. The molecule has 156 valence electrons. The van der Waals surface area contributed by atoms with Crippen molar-refractivity contribution >= 4 is 23.2 Å². The summed E-state index contributed by atoms with van der Waals surface area (Å²) in [5.74, 6) is 0.294. The van der Waals surface area contributed by atoms with E-state index < -0.39 is 0 Å². The quantitative estimate of drug-likeness (QED) is 0.673. The predicted molar refractivity (Wildman–Crippen MR) is 118 cm³/mol. The largest absolute Gasteiger partial charge is 0.495 e. The van der Waals surface area contributed by atoms with Crippen LogP contribution in [0.2, 0.25) is 0 Å². The summed E-state index contributed by atoms with van der Waals surface area (Å²) in [6.07, 6.45) is 0.845. The number of carbonyl (C=O) groups excluding carboxylic acids is 2. The third kappa shape index (κ3) is 6.61. The summed E-state index contributed by atoms with van der Waals surface area (Å²) < 4.78 is 5.27. The number of nitrogens with zero attached hydrogens (tertiary/aromatic N) is 1. The van der Waals surface area contributed by atoms with Crippen molar-refractivity contribution in [3.8, 4) is 5.75 Å². The predicted octanol–water partition coefficient (Wildman–Crippen LogP) is 3.91. The van der Waals surface area contributed by atoms with Crippen molar-refractivity contribution < 1.29 is 14.3 Å². The molecule has 2 rings (SSSR count). The first-order valence-corrected chi connectivity index (χ1v) is 9.87. The Labute approximate surface area is 173 Å². The van der Waals surface area contributed by atoms with E-state index in [0.29, 0.717) is 18.0 Å². The van der Waals surface area contributed by atoms with E-state index in [1.807, 2.05) is 56.9 Å². The lowest BCUT2D eigenvalue weighted by Gasteiger charge is -2.22. The normalized spacial score (nSPS) is 10.7. The van der Waals surface area contributed by atoms with Crippen LogP contribution in [0.3, 0.4) is 0 Å². The lowest BCUT2D eigenvalue weighted by molar-refractivity contribution is -0.120. The first kappa shape index (κ1) is 22.4. The molecule has 0 bridgehead atoms. The van der Waals surface area contributed by atoms with Gasteiger partial charge in [-0.2, -0.15) is 0 Å². The molecule has 0 aliphatic rings. The Kier molecular flexibility index (Phi) is 8.21. The van der Waals surface area contributed by atoms with Crippen molar-refractivity contribution in [1.29, 1.82) is 0 Å². The third-order valence-electron chi connectivity index (χ3n) is 4.60. The molecule has 2 amide bonds. The van der Waals surface area contributed by atoms with E-state index in [-0.39, 0.29) is 24.9 Å². The van der Waals surface area contributed by atoms with Crippen LogP contribution in [0, 0.1) is 20.8 Å². The van der Waals surface area contributed by atoms with Crippen molar-refractivity contribution in [2.75, 3.05) is 37.4 Å². The molecule has 6 nitrogen and oxygen atoms in total. The Balaban J connectivity index is 2.00. The summed E-state index contributed by atoms with van der Waals surface area (Å²) in [6.45, 7) is 8.97. The Morgan fingerprint density at radius 3 is 2.14 bits per heavy atom. The van der Waals surface area contributed by atoms with Gasteiger partial charge in [-0.3, -0.25) is 14.5 Å². The molecule has 0 aliphatic heterocycles. The highest BCUT2D eigenvalue weighted by Crippen LogP contribution is 2.23. The number of amides is 2. The molecule has 0 atom stereocenters. The van der Waals surface area contributed by atoms with E-state index in [2.05, 4.69) is 10.6 Å². The molecular formula is C23H31N3O3. The lowest BCUT2D eigenvalue weighted by Crippen LogP contribution is -2.39. The Bertz CT molecular complexity index is 841. The van der Waals surface area contributed by atoms with E-state index in [0.717, 1.165) is 23.2 Å². The minimum absolute atomic E-state index is 0.126. The van der Waals surface area contributed by atoms with Gasteiger partial charge < -0.3 is 15.4 Å². The molecule has 0 saturated carbocycles. The highest BCUT2D eigenvalue weighted by Gasteiger charge is 2.16. The number of anilines is 2. The molecule has 29 heavy (non-hydrogen) atoms. The number of hydrogen-bond donors (Lipinski definition) is 2. The average molecular weight is 398 g/mol. The maximum Gasteiger partial charge on any atom is 0.238 e. The number of aryl methyl sites for hydroxylation is 3. The molecule has 0 spiro atoms. The zero-order valence-corrected chi connectivity index (χ0v) is 18.0. The smallest absolute Gasteiger partial charge is 0.238 e. The van der Waals surface area contributed by atoms with Crippen LogP contribution in [-0.2, 0) is 9.59 Å². The summed E-state index contributed by atoms with van der Waals surface area (Å²) >= 11 is 0. The molecule has 0 aromatic heterocycles. The second-order valence-electron chi connectivity index (χ2n) is 7.28. The number of nitrogens with one attached hydrogen (secondary N) is 2. The average Bonchev–Trinajstić information content (AvgIpc) is 2.65. The van der Waals surface area contributed by atoms with Crippen LogP contribution < -0.4 is 15.4 Å². The number of carbonyl (C=O) groups is 2. The van der Waals surface area contributed by atoms with Crippen LogP contribution in [0.25, 0.3) is 0 Å². The highest BCUT2D eigenvalue weighted by atomic mass is 16.5. The molecule has 2 aromatic carbocycles. The van der Waals surface area contributed by atoms with Crippen molar-refractivity contribution in [3.63, 3.8) is 0 Å². The summed E-state index contributed by atoms with van der Waals surface area (Å²) in [5, 5.41) is 5.86. The van der Waals surface area contributed by atoms with E-state index in [1.54, 1.807) is 19.2 Å². The lowest BCUT2D eigenvalue weighted by atomic mass is 10.1. The van der Waals surface area contributed by atoms with Gasteiger partial charge in [0.2, 0.25) is 11.8 Å². The number of ether oxygens (including phenoxy) is 1. The molecule has 0 aliphatic carbocycles. The van der Waals surface area contributed by atoms with Crippen LogP contribution in [0.4, 0.5) is 11.4 Å².